The molecule has 0 aliphatic carbocycles. The van der Waals surface area contributed by atoms with Crippen molar-refractivity contribution in [3.05, 3.63) is 101 Å². The number of benzene rings is 3. The molecule has 0 atom stereocenters. The van der Waals surface area contributed by atoms with Crippen molar-refractivity contribution in [2.24, 2.45) is 0 Å². The third kappa shape index (κ3) is 4.80. The van der Waals surface area contributed by atoms with Crippen molar-refractivity contribution in [1.29, 1.82) is 0 Å². The highest BCUT2D eigenvalue weighted by molar-refractivity contribution is 7.80. The zero-order valence-corrected chi connectivity index (χ0v) is 16.2. The number of nitrogens with one attached hydrogen (secondary N) is 2. The Morgan fingerprint density at radius 3 is 1.96 bits per heavy atom. The summed E-state index contributed by atoms with van der Waals surface area (Å²) in [5, 5.41) is 6.29. The van der Waals surface area contributed by atoms with Crippen LogP contribution in [0.3, 0.4) is 0 Å². The summed E-state index contributed by atoms with van der Waals surface area (Å²) in [6.07, 6.45) is 0. The second-order valence-electron chi connectivity index (χ2n) is 6.52. The van der Waals surface area contributed by atoms with Crippen LogP contribution in [0.1, 0.15) is 28.2 Å². The topological polar surface area (TPSA) is 41.1 Å². The van der Waals surface area contributed by atoms with Gasteiger partial charge in [-0.05, 0) is 54.4 Å². The summed E-state index contributed by atoms with van der Waals surface area (Å²) in [6.45, 7) is 4.02. The lowest BCUT2D eigenvalue weighted by Gasteiger charge is -2.19. The Morgan fingerprint density at radius 1 is 0.852 bits per heavy atom. The van der Waals surface area contributed by atoms with Crippen molar-refractivity contribution in [2.75, 3.05) is 5.32 Å². The first-order valence-electron chi connectivity index (χ1n) is 8.83. The van der Waals surface area contributed by atoms with E-state index in [2.05, 4.69) is 10.6 Å². The number of anilines is 1. The first-order chi connectivity index (χ1) is 13.0. The van der Waals surface area contributed by atoms with Gasteiger partial charge in [0, 0.05) is 5.69 Å². The third-order valence-corrected chi connectivity index (χ3v) is 4.61. The lowest BCUT2D eigenvalue weighted by molar-refractivity contribution is -0.120. The molecule has 3 nitrogen and oxygen atoms in total. The molecule has 0 radical (unpaired) electrons. The highest BCUT2D eigenvalue weighted by Gasteiger charge is 2.23. The smallest absolute Gasteiger partial charge is 0.238 e. The van der Waals surface area contributed by atoms with E-state index in [-0.39, 0.29) is 5.91 Å². The number of hydrogen-bond acceptors (Lipinski definition) is 2. The van der Waals surface area contributed by atoms with Crippen LogP contribution in [0.5, 0.6) is 0 Å². The Balaban J connectivity index is 1.80. The van der Waals surface area contributed by atoms with E-state index in [9.17, 15) is 4.79 Å². The van der Waals surface area contributed by atoms with Crippen LogP contribution in [0.2, 0.25) is 0 Å². The average Bonchev–Trinajstić information content (AvgIpc) is 2.66. The number of carbonyl (C=O) groups excluding carboxylic acids is 1. The van der Waals surface area contributed by atoms with E-state index in [0.29, 0.717) is 5.11 Å². The fourth-order valence-electron chi connectivity index (χ4n) is 2.99. The van der Waals surface area contributed by atoms with Crippen LogP contribution in [0, 0.1) is 13.8 Å². The maximum absolute atomic E-state index is 13.1. The Hall–Kier alpha value is -2.98. The molecule has 0 fully saturated rings. The molecule has 27 heavy (non-hydrogen) atoms. The fourth-order valence-corrected chi connectivity index (χ4v) is 3.20. The highest BCUT2D eigenvalue weighted by atomic mass is 32.1. The number of hydrogen-bond donors (Lipinski definition) is 2. The molecule has 4 heteroatoms. The minimum atomic E-state index is -0.425. The molecule has 3 rings (SSSR count). The molecular weight excluding hydrogens is 352 g/mol. The molecule has 2 N–H and O–H groups in total. The fraction of sp³-hybridized carbons (Fsp3) is 0.130. The summed E-state index contributed by atoms with van der Waals surface area (Å²) >= 11 is 5.39. The number of thiocarbonyl (C=S) groups is 1. The summed E-state index contributed by atoms with van der Waals surface area (Å²) in [5.41, 5.74) is 4.95. The van der Waals surface area contributed by atoms with Gasteiger partial charge in [-0.3, -0.25) is 4.79 Å². The van der Waals surface area contributed by atoms with Crippen LogP contribution in [0.15, 0.2) is 78.9 Å². The number of aryl methyl sites for hydroxylation is 2. The molecule has 1 amide bonds. The normalized spacial score (nSPS) is 10.5. The predicted molar refractivity (Wildman–Crippen MR) is 115 cm³/mol. The summed E-state index contributed by atoms with van der Waals surface area (Å²) in [6, 6.07) is 25.5. The van der Waals surface area contributed by atoms with Gasteiger partial charge in [0.1, 0.15) is 0 Å². The van der Waals surface area contributed by atoms with E-state index in [1.807, 2.05) is 92.7 Å². The second-order valence-corrected chi connectivity index (χ2v) is 6.92. The quantitative estimate of drug-likeness (QED) is 0.635. The molecule has 0 spiro atoms. The monoisotopic (exact) mass is 374 g/mol. The van der Waals surface area contributed by atoms with Crippen LogP contribution in [0.4, 0.5) is 5.69 Å². The average molecular weight is 375 g/mol. The van der Waals surface area contributed by atoms with Gasteiger partial charge in [-0.1, -0.05) is 72.8 Å². The van der Waals surface area contributed by atoms with E-state index in [0.717, 1.165) is 27.9 Å². The molecule has 0 aliphatic rings. The summed E-state index contributed by atoms with van der Waals surface area (Å²) < 4.78 is 0. The van der Waals surface area contributed by atoms with Crippen molar-refractivity contribution < 1.29 is 4.79 Å². The lowest BCUT2D eigenvalue weighted by Crippen LogP contribution is -2.38. The molecule has 0 heterocycles. The molecule has 0 saturated heterocycles. The maximum atomic E-state index is 13.1. The third-order valence-electron chi connectivity index (χ3n) is 4.41. The van der Waals surface area contributed by atoms with Crippen molar-refractivity contribution in [2.45, 2.75) is 19.8 Å². The zero-order valence-electron chi connectivity index (χ0n) is 15.4. The molecular formula is C23H22N2OS. The van der Waals surface area contributed by atoms with Gasteiger partial charge in [0.25, 0.3) is 0 Å². The summed E-state index contributed by atoms with van der Waals surface area (Å²) in [4.78, 5) is 13.1. The first kappa shape index (κ1) is 18.8. The standard InChI is InChI=1S/C23H22N2OS/c1-16-13-14-17(2)20(15-16)24-23(27)25-22(26)21(18-9-5-3-6-10-18)19-11-7-4-8-12-19/h3-15,21H,1-2H3,(H2,24,25,26,27). The van der Waals surface area contributed by atoms with Crippen LogP contribution in [-0.4, -0.2) is 11.0 Å². The van der Waals surface area contributed by atoms with Gasteiger partial charge in [0.15, 0.2) is 5.11 Å². The van der Waals surface area contributed by atoms with Crippen LogP contribution in [0.25, 0.3) is 0 Å². The van der Waals surface area contributed by atoms with Crippen molar-refractivity contribution in [3.8, 4) is 0 Å². The Morgan fingerprint density at radius 2 is 1.41 bits per heavy atom. The van der Waals surface area contributed by atoms with Gasteiger partial charge in [-0.25, -0.2) is 0 Å². The SMILES string of the molecule is Cc1ccc(C)c(NC(=S)NC(=O)C(c2ccccc2)c2ccccc2)c1. The highest BCUT2D eigenvalue weighted by Crippen LogP contribution is 2.25. The molecule has 3 aromatic rings. The van der Waals surface area contributed by atoms with E-state index < -0.39 is 5.92 Å². The van der Waals surface area contributed by atoms with Gasteiger partial charge >= 0.3 is 0 Å². The van der Waals surface area contributed by atoms with Crippen LogP contribution >= 0.6 is 12.2 Å². The molecule has 0 unspecified atom stereocenters. The Bertz CT molecular complexity index is 900. The van der Waals surface area contributed by atoms with Gasteiger partial charge in [0.05, 0.1) is 5.92 Å². The second kappa shape index (κ2) is 8.60. The van der Waals surface area contributed by atoms with Gasteiger partial charge < -0.3 is 10.6 Å². The van der Waals surface area contributed by atoms with Crippen LogP contribution < -0.4 is 10.6 Å². The number of amides is 1. The number of rotatable bonds is 4. The van der Waals surface area contributed by atoms with E-state index in [4.69, 9.17) is 12.2 Å². The molecule has 0 bridgehead atoms. The largest absolute Gasteiger partial charge is 0.332 e. The first-order valence-corrected chi connectivity index (χ1v) is 9.24. The minimum Gasteiger partial charge on any atom is -0.332 e. The van der Waals surface area contributed by atoms with Gasteiger partial charge in [-0.15, -0.1) is 0 Å². The van der Waals surface area contributed by atoms with Gasteiger partial charge in [0.2, 0.25) is 5.91 Å². The zero-order chi connectivity index (χ0) is 19.2. The minimum absolute atomic E-state index is 0.157. The van der Waals surface area contributed by atoms with Crippen LogP contribution in [-0.2, 0) is 4.79 Å². The lowest BCUT2D eigenvalue weighted by atomic mass is 9.90. The van der Waals surface area contributed by atoms with Crippen molar-refractivity contribution >= 4 is 28.9 Å². The molecule has 3 aromatic carbocycles. The van der Waals surface area contributed by atoms with E-state index in [1.165, 1.54) is 0 Å². The molecule has 0 aromatic heterocycles. The van der Waals surface area contributed by atoms with Crippen molar-refractivity contribution in [1.82, 2.24) is 5.32 Å². The predicted octanol–water partition coefficient (Wildman–Crippen LogP) is 4.95. The Kier molecular flexibility index (Phi) is 5.99. The van der Waals surface area contributed by atoms with E-state index >= 15 is 0 Å². The van der Waals surface area contributed by atoms with Crippen molar-refractivity contribution in [3.63, 3.8) is 0 Å². The molecule has 0 aliphatic heterocycles. The van der Waals surface area contributed by atoms with E-state index in [1.54, 1.807) is 0 Å². The maximum Gasteiger partial charge on any atom is 0.238 e. The molecule has 136 valence electrons. The summed E-state index contributed by atoms with van der Waals surface area (Å²) in [7, 11) is 0. The van der Waals surface area contributed by atoms with Gasteiger partial charge in [-0.2, -0.15) is 0 Å². The Labute approximate surface area is 165 Å². The molecule has 0 saturated carbocycles. The summed E-state index contributed by atoms with van der Waals surface area (Å²) in [5.74, 6) is -0.582. The number of carbonyl (C=O) groups is 1.